The van der Waals surface area contributed by atoms with Crippen LogP contribution >= 0.6 is 0 Å². The van der Waals surface area contributed by atoms with Crippen molar-refractivity contribution in [2.24, 2.45) is 0 Å². The highest BCUT2D eigenvalue weighted by molar-refractivity contribution is 5.96. The van der Waals surface area contributed by atoms with E-state index in [9.17, 15) is 14.9 Å². The van der Waals surface area contributed by atoms with Crippen LogP contribution in [0.2, 0.25) is 0 Å². The van der Waals surface area contributed by atoms with Gasteiger partial charge in [0.15, 0.2) is 0 Å². The molecule has 1 aromatic rings. The van der Waals surface area contributed by atoms with Gasteiger partial charge >= 0.3 is 5.97 Å². The molecule has 0 heterocycles. The topological polar surface area (TPSA) is 72.7 Å². The maximum atomic E-state index is 11.7. The summed E-state index contributed by atoms with van der Waals surface area (Å²) in [4.78, 5) is 23.8. The average molecular weight is 266 g/mol. The number of hydrogen-bond acceptors (Lipinski definition) is 5. The Kier molecular flexibility index (Phi) is 5.29. The van der Waals surface area contributed by atoms with Crippen molar-refractivity contribution in [2.75, 3.05) is 25.6 Å². The molecule has 19 heavy (non-hydrogen) atoms. The Morgan fingerprint density at radius 3 is 2.68 bits per heavy atom. The molecule has 6 heteroatoms. The molecule has 0 atom stereocenters. The van der Waals surface area contributed by atoms with E-state index in [0.29, 0.717) is 5.69 Å². The van der Waals surface area contributed by atoms with Crippen molar-refractivity contribution >= 4 is 17.3 Å². The van der Waals surface area contributed by atoms with Gasteiger partial charge in [0, 0.05) is 25.7 Å². The summed E-state index contributed by atoms with van der Waals surface area (Å²) in [7, 11) is 3.11. The second-order valence-corrected chi connectivity index (χ2v) is 4.23. The van der Waals surface area contributed by atoms with Crippen LogP contribution in [0.4, 0.5) is 11.4 Å². The summed E-state index contributed by atoms with van der Waals surface area (Å²) in [5.41, 5.74) is 0.745. The van der Waals surface area contributed by atoms with Gasteiger partial charge in [-0.05, 0) is 12.5 Å². The summed E-state index contributed by atoms with van der Waals surface area (Å²) in [6.07, 6.45) is 2.01. The predicted molar refractivity (Wildman–Crippen MR) is 72.6 cm³/mol. The average Bonchev–Trinajstić information content (AvgIpc) is 2.43. The molecule has 6 nitrogen and oxygen atoms in total. The summed E-state index contributed by atoms with van der Waals surface area (Å²) in [6.45, 7) is 2.85. The van der Waals surface area contributed by atoms with E-state index in [1.54, 1.807) is 6.07 Å². The number of nitro groups is 1. The fourth-order valence-corrected chi connectivity index (χ4v) is 1.76. The first kappa shape index (κ1) is 14.9. The van der Waals surface area contributed by atoms with Crippen molar-refractivity contribution in [1.29, 1.82) is 0 Å². The molecule has 0 unspecified atom stereocenters. The van der Waals surface area contributed by atoms with Gasteiger partial charge < -0.3 is 9.64 Å². The van der Waals surface area contributed by atoms with Crippen LogP contribution in [0.5, 0.6) is 0 Å². The van der Waals surface area contributed by atoms with Crippen LogP contribution < -0.4 is 4.90 Å². The first-order chi connectivity index (χ1) is 9.01. The van der Waals surface area contributed by atoms with Crippen LogP contribution in [0.25, 0.3) is 0 Å². The number of carbonyl (C=O) groups is 1. The Hall–Kier alpha value is -2.11. The normalized spacial score (nSPS) is 10.1. The van der Waals surface area contributed by atoms with E-state index in [0.717, 1.165) is 19.4 Å². The van der Waals surface area contributed by atoms with Gasteiger partial charge in [-0.2, -0.15) is 0 Å². The van der Waals surface area contributed by atoms with E-state index in [-0.39, 0.29) is 11.3 Å². The summed E-state index contributed by atoms with van der Waals surface area (Å²) in [6, 6.07) is 4.23. The third kappa shape index (κ3) is 3.67. The van der Waals surface area contributed by atoms with E-state index >= 15 is 0 Å². The lowest BCUT2D eigenvalue weighted by Gasteiger charge is -2.21. The summed E-state index contributed by atoms with van der Waals surface area (Å²) >= 11 is 0. The molecule has 0 saturated carbocycles. The smallest absolute Gasteiger partial charge is 0.340 e. The largest absolute Gasteiger partial charge is 0.465 e. The van der Waals surface area contributed by atoms with Crippen molar-refractivity contribution in [3.05, 3.63) is 33.9 Å². The highest BCUT2D eigenvalue weighted by Crippen LogP contribution is 2.25. The zero-order valence-electron chi connectivity index (χ0n) is 11.4. The minimum atomic E-state index is -0.568. The minimum absolute atomic E-state index is 0.118. The molecule has 104 valence electrons. The Bertz CT molecular complexity index is 474. The van der Waals surface area contributed by atoms with Crippen molar-refractivity contribution in [3.8, 4) is 0 Å². The first-order valence-electron chi connectivity index (χ1n) is 6.09. The molecule has 0 aliphatic carbocycles. The van der Waals surface area contributed by atoms with E-state index in [2.05, 4.69) is 11.7 Å². The lowest BCUT2D eigenvalue weighted by atomic mass is 10.1. The van der Waals surface area contributed by atoms with Gasteiger partial charge in [0.05, 0.1) is 23.3 Å². The number of hydrogen-bond donors (Lipinski definition) is 0. The zero-order chi connectivity index (χ0) is 14.4. The second kappa shape index (κ2) is 6.72. The molecule has 0 N–H and O–H groups in total. The van der Waals surface area contributed by atoms with Crippen molar-refractivity contribution in [2.45, 2.75) is 19.8 Å². The number of benzene rings is 1. The second-order valence-electron chi connectivity index (χ2n) is 4.23. The fourth-order valence-electron chi connectivity index (χ4n) is 1.76. The molecule has 0 fully saturated rings. The first-order valence-corrected chi connectivity index (χ1v) is 6.09. The number of anilines is 1. The van der Waals surface area contributed by atoms with E-state index in [4.69, 9.17) is 0 Å². The number of nitro benzene ring substituents is 1. The number of methoxy groups -OCH3 is 1. The molecule has 0 saturated heterocycles. The quantitative estimate of drug-likeness (QED) is 0.449. The molecule has 1 rings (SSSR count). The molecular weight excluding hydrogens is 248 g/mol. The standard InChI is InChI=1S/C13H18N2O4/c1-4-5-8-14(2)12-7-6-10(15(17)18)9-11(12)13(16)19-3/h6-7,9H,4-5,8H2,1-3H3. The third-order valence-corrected chi connectivity index (χ3v) is 2.85. The van der Waals surface area contributed by atoms with Crippen molar-refractivity contribution in [1.82, 2.24) is 0 Å². The van der Waals surface area contributed by atoms with Crippen molar-refractivity contribution < 1.29 is 14.5 Å². The molecule has 0 aromatic heterocycles. The maximum Gasteiger partial charge on any atom is 0.340 e. The van der Waals surface area contributed by atoms with Gasteiger partial charge in [-0.25, -0.2) is 4.79 Å². The van der Waals surface area contributed by atoms with Gasteiger partial charge in [-0.15, -0.1) is 0 Å². The minimum Gasteiger partial charge on any atom is -0.465 e. The molecule has 1 aromatic carbocycles. The van der Waals surface area contributed by atoms with Crippen LogP contribution in [-0.4, -0.2) is 31.6 Å². The lowest BCUT2D eigenvalue weighted by molar-refractivity contribution is -0.384. The predicted octanol–water partition coefficient (Wildman–Crippen LogP) is 2.62. The SMILES string of the molecule is CCCCN(C)c1ccc([N+](=O)[O-])cc1C(=O)OC. The van der Waals surface area contributed by atoms with Crippen LogP contribution in [0.15, 0.2) is 18.2 Å². The number of rotatable bonds is 6. The Balaban J connectivity index is 3.15. The van der Waals surface area contributed by atoms with Gasteiger partial charge in [0.1, 0.15) is 0 Å². The Morgan fingerprint density at radius 2 is 2.16 bits per heavy atom. The number of non-ortho nitro benzene ring substituents is 1. The fraction of sp³-hybridized carbons (Fsp3) is 0.462. The van der Waals surface area contributed by atoms with Gasteiger partial charge in [-0.1, -0.05) is 13.3 Å². The summed E-state index contributed by atoms with van der Waals surface area (Å²) in [5, 5.41) is 10.8. The van der Waals surface area contributed by atoms with Crippen LogP contribution in [0.1, 0.15) is 30.1 Å². The molecule has 0 aliphatic rings. The summed E-state index contributed by atoms with van der Waals surface area (Å²) in [5.74, 6) is -0.568. The number of ether oxygens (including phenoxy) is 1. The number of carbonyl (C=O) groups excluding carboxylic acids is 1. The third-order valence-electron chi connectivity index (χ3n) is 2.85. The zero-order valence-corrected chi connectivity index (χ0v) is 11.4. The molecule has 0 aliphatic heterocycles. The summed E-state index contributed by atoms with van der Waals surface area (Å²) < 4.78 is 4.68. The number of unbranched alkanes of at least 4 members (excludes halogenated alkanes) is 1. The number of esters is 1. The van der Waals surface area contributed by atoms with Gasteiger partial charge in [0.2, 0.25) is 0 Å². The monoisotopic (exact) mass is 266 g/mol. The van der Waals surface area contributed by atoms with Crippen LogP contribution in [-0.2, 0) is 4.74 Å². The lowest BCUT2D eigenvalue weighted by Crippen LogP contribution is -2.21. The molecule has 0 amide bonds. The Morgan fingerprint density at radius 1 is 1.47 bits per heavy atom. The molecule has 0 bridgehead atoms. The molecule has 0 spiro atoms. The maximum absolute atomic E-state index is 11.7. The highest BCUT2D eigenvalue weighted by atomic mass is 16.6. The van der Waals surface area contributed by atoms with E-state index < -0.39 is 10.9 Å². The number of nitrogens with zero attached hydrogens (tertiary/aromatic N) is 2. The van der Waals surface area contributed by atoms with Crippen LogP contribution in [0, 0.1) is 10.1 Å². The van der Waals surface area contributed by atoms with Crippen LogP contribution in [0.3, 0.4) is 0 Å². The van der Waals surface area contributed by atoms with Gasteiger partial charge in [-0.3, -0.25) is 10.1 Å². The van der Waals surface area contributed by atoms with E-state index in [1.807, 2.05) is 11.9 Å². The van der Waals surface area contributed by atoms with Crippen molar-refractivity contribution in [3.63, 3.8) is 0 Å². The Labute approximate surface area is 112 Å². The van der Waals surface area contributed by atoms with Gasteiger partial charge in [0.25, 0.3) is 5.69 Å². The van der Waals surface area contributed by atoms with E-state index in [1.165, 1.54) is 19.2 Å². The molecule has 0 radical (unpaired) electrons. The highest BCUT2D eigenvalue weighted by Gasteiger charge is 2.19. The molecular formula is C13H18N2O4.